The Kier molecular flexibility index (Phi) is 9.36. The third-order valence-electron chi connectivity index (χ3n) is 7.40. The van der Waals surface area contributed by atoms with Crippen molar-refractivity contribution in [1.82, 2.24) is 10.2 Å². The highest BCUT2D eigenvalue weighted by molar-refractivity contribution is 7.80. The van der Waals surface area contributed by atoms with Gasteiger partial charge in [-0.15, -0.1) is 0 Å². The average molecular weight is 497 g/mol. The van der Waals surface area contributed by atoms with Gasteiger partial charge in [-0.3, -0.25) is 0 Å². The van der Waals surface area contributed by atoms with E-state index in [2.05, 4.69) is 106 Å². The summed E-state index contributed by atoms with van der Waals surface area (Å²) in [4.78, 5) is 2.44. The molecule has 0 bridgehead atoms. The van der Waals surface area contributed by atoms with Crippen molar-refractivity contribution in [2.75, 3.05) is 13.2 Å². The Morgan fingerprint density at radius 2 is 1.71 bits per heavy atom. The number of hydrogen-bond donors (Lipinski definition) is 1. The predicted octanol–water partition coefficient (Wildman–Crippen LogP) is 7.49. The van der Waals surface area contributed by atoms with E-state index in [1.165, 1.54) is 29.5 Å². The Hall–Kier alpha value is -1.69. The molecular formula is C29H44N2OSSi. The molecule has 3 nitrogen and oxygen atoms in total. The molecular weight excluding hydrogens is 452 g/mol. The van der Waals surface area contributed by atoms with Crippen LogP contribution in [0.25, 0.3) is 0 Å². The molecule has 186 valence electrons. The lowest BCUT2D eigenvalue weighted by Crippen LogP contribution is -2.43. The predicted molar refractivity (Wildman–Crippen MR) is 152 cm³/mol. The van der Waals surface area contributed by atoms with E-state index in [-0.39, 0.29) is 5.04 Å². The van der Waals surface area contributed by atoms with Crippen LogP contribution in [0.5, 0.6) is 0 Å². The quantitative estimate of drug-likeness (QED) is 0.257. The van der Waals surface area contributed by atoms with Gasteiger partial charge in [0.15, 0.2) is 13.4 Å². The van der Waals surface area contributed by atoms with Crippen LogP contribution in [0.3, 0.4) is 0 Å². The highest BCUT2D eigenvalue weighted by Gasteiger charge is 2.38. The normalized spacial score (nSPS) is 15.1. The van der Waals surface area contributed by atoms with Gasteiger partial charge in [0.05, 0.1) is 6.04 Å². The van der Waals surface area contributed by atoms with Crippen LogP contribution < -0.4 is 5.32 Å². The van der Waals surface area contributed by atoms with Crippen molar-refractivity contribution >= 4 is 25.6 Å². The van der Waals surface area contributed by atoms with Crippen LogP contribution in [0.15, 0.2) is 54.6 Å². The van der Waals surface area contributed by atoms with Gasteiger partial charge in [-0.1, -0.05) is 82.3 Å². The summed E-state index contributed by atoms with van der Waals surface area (Å²) in [6.07, 6.45) is 4.62. The second-order valence-corrected chi connectivity index (χ2v) is 16.4. The summed E-state index contributed by atoms with van der Waals surface area (Å²) in [5, 5.41) is 4.65. The van der Waals surface area contributed by atoms with Crippen molar-refractivity contribution in [2.24, 2.45) is 5.92 Å². The number of thiocarbonyl (C=S) groups is 1. The van der Waals surface area contributed by atoms with Crippen molar-refractivity contribution in [3.8, 4) is 0 Å². The van der Waals surface area contributed by atoms with Crippen molar-refractivity contribution < 1.29 is 4.43 Å². The zero-order valence-electron chi connectivity index (χ0n) is 22.1. The van der Waals surface area contributed by atoms with Crippen molar-refractivity contribution in [1.29, 1.82) is 0 Å². The Bertz CT molecular complexity index is 904. The zero-order chi connectivity index (χ0) is 24.8. The molecule has 1 N–H and O–H groups in total. The van der Waals surface area contributed by atoms with E-state index in [1.54, 1.807) is 0 Å². The average Bonchev–Trinajstić information content (AvgIpc) is 3.63. The van der Waals surface area contributed by atoms with Crippen LogP contribution in [-0.4, -0.2) is 31.5 Å². The summed E-state index contributed by atoms with van der Waals surface area (Å²) in [5.74, 6) is 0.691. The van der Waals surface area contributed by atoms with Gasteiger partial charge >= 0.3 is 0 Å². The van der Waals surface area contributed by atoms with E-state index < -0.39 is 8.32 Å². The van der Waals surface area contributed by atoms with Gasteiger partial charge in [-0.05, 0) is 78.6 Å². The van der Waals surface area contributed by atoms with E-state index in [4.69, 9.17) is 16.6 Å². The molecule has 2 aromatic carbocycles. The molecule has 1 aliphatic carbocycles. The molecule has 0 radical (unpaired) electrons. The van der Waals surface area contributed by atoms with Crippen LogP contribution in [0, 0.1) is 5.92 Å². The minimum Gasteiger partial charge on any atom is -0.416 e. The second kappa shape index (κ2) is 11.8. The summed E-state index contributed by atoms with van der Waals surface area (Å²) in [6, 6.07) is 20.1. The van der Waals surface area contributed by atoms with Gasteiger partial charge < -0.3 is 14.6 Å². The summed E-state index contributed by atoms with van der Waals surface area (Å²) in [7, 11) is -1.69. The first kappa shape index (κ1) is 26.9. The van der Waals surface area contributed by atoms with Gasteiger partial charge in [0, 0.05) is 19.7 Å². The molecule has 1 aliphatic rings. The van der Waals surface area contributed by atoms with Crippen LogP contribution in [-0.2, 0) is 17.4 Å². The van der Waals surface area contributed by atoms with Gasteiger partial charge in [-0.25, -0.2) is 0 Å². The lowest BCUT2D eigenvalue weighted by Gasteiger charge is -2.36. The fourth-order valence-electron chi connectivity index (χ4n) is 4.12. The van der Waals surface area contributed by atoms with Crippen molar-refractivity contribution in [3.05, 3.63) is 71.3 Å². The smallest absolute Gasteiger partial charge is 0.191 e. The molecule has 0 aromatic heterocycles. The molecule has 1 unspecified atom stereocenters. The Labute approximate surface area is 214 Å². The van der Waals surface area contributed by atoms with Gasteiger partial charge in [-0.2, -0.15) is 0 Å². The second-order valence-electron chi connectivity index (χ2n) is 11.2. The van der Waals surface area contributed by atoms with Crippen LogP contribution >= 0.6 is 12.2 Å². The van der Waals surface area contributed by atoms with E-state index in [1.807, 2.05) is 0 Å². The monoisotopic (exact) mass is 496 g/mol. The van der Waals surface area contributed by atoms with Crippen molar-refractivity contribution in [2.45, 2.75) is 84.1 Å². The third-order valence-corrected chi connectivity index (χ3v) is 12.3. The molecule has 0 saturated heterocycles. The maximum absolute atomic E-state index is 6.39. The molecule has 5 heteroatoms. The van der Waals surface area contributed by atoms with Crippen molar-refractivity contribution in [3.63, 3.8) is 0 Å². The van der Waals surface area contributed by atoms with E-state index in [9.17, 15) is 0 Å². The first-order valence-corrected chi connectivity index (χ1v) is 16.2. The number of rotatable bonds is 11. The van der Waals surface area contributed by atoms with Gasteiger partial charge in [0.1, 0.15) is 0 Å². The molecule has 3 rings (SSSR count). The molecule has 34 heavy (non-hydrogen) atoms. The summed E-state index contributed by atoms with van der Waals surface area (Å²) >= 11 is 5.91. The molecule has 0 spiro atoms. The van der Waals surface area contributed by atoms with Crippen LogP contribution in [0.2, 0.25) is 18.1 Å². The molecule has 0 heterocycles. The summed E-state index contributed by atoms with van der Waals surface area (Å²) in [6.45, 7) is 16.3. The highest BCUT2D eigenvalue weighted by atomic mass is 32.1. The van der Waals surface area contributed by atoms with Crippen LogP contribution in [0.4, 0.5) is 0 Å². The fraction of sp³-hybridized carbons (Fsp3) is 0.552. The fourth-order valence-corrected chi connectivity index (χ4v) is 5.45. The molecule has 2 aromatic rings. The molecule has 0 aliphatic heterocycles. The highest BCUT2D eigenvalue weighted by Crippen LogP contribution is 2.45. The maximum Gasteiger partial charge on any atom is 0.191 e. The lowest BCUT2D eigenvalue weighted by atomic mass is 9.98. The summed E-state index contributed by atoms with van der Waals surface area (Å²) < 4.78 is 6.39. The first-order valence-electron chi connectivity index (χ1n) is 12.9. The largest absolute Gasteiger partial charge is 0.416 e. The maximum atomic E-state index is 6.39. The number of nitrogens with one attached hydrogen (secondary N) is 1. The first-order chi connectivity index (χ1) is 16.1. The van der Waals surface area contributed by atoms with Crippen LogP contribution in [0.1, 0.15) is 69.7 Å². The Balaban J connectivity index is 1.65. The number of benzene rings is 2. The summed E-state index contributed by atoms with van der Waals surface area (Å²) in [5.41, 5.74) is 3.99. The number of hydrogen-bond acceptors (Lipinski definition) is 2. The van der Waals surface area contributed by atoms with E-state index >= 15 is 0 Å². The van der Waals surface area contributed by atoms with E-state index in [0.29, 0.717) is 12.0 Å². The SMILES string of the molecule is CCCN(C(=S)NCc1ccccc1)C(c1ccc(CCO[Si](C)(C)C(C)(C)C)cc1)C1CC1. The molecule has 0 amide bonds. The standard InChI is InChI=1S/C29H44N2OSSi/c1-7-20-31(28(33)30-22-24-11-9-8-10-12-24)27(26-17-18-26)25-15-13-23(14-16-25)19-21-32-34(5,6)29(2,3)4/h8-16,26-27H,7,17-22H2,1-6H3,(H,30,33). The third kappa shape index (κ3) is 7.40. The zero-order valence-corrected chi connectivity index (χ0v) is 23.9. The minimum absolute atomic E-state index is 0.254. The molecule has 1 atom stereocenters. The lowest BCUT2D eigenvalue weighted by molar-refractivity contribution is 0.282. The van der Waals surface area contributed by atoms with Gasteiger partial charge in [0.25, 0.3) is 0 Å². The van der Waals surface area contributed by atoms with E-state index in [0.717, 1.165) is 37.7 Å². The Morgan fingerprint density at radius 1 is 1.06 bits per heavy atom. The minimum atomic E-state index is -1.69. The van der Waals surface area contributed by atoms with Gasteiger partial charge in [0.2, 0.25) is 0 Å². The topological polar surface area (TPSA) is 24.5 Å². The molecule has 1 saturated carbocycles. The number of nitrogens with zero attached hydrogens (tertiary/aromatic N) is 1. The molecule has 1 fully saturated rings. The Morgan fingerprint density at radius 3 is 2.26 bits per heavy atom.